The van der Waals surface area contributed by atoms with Gasteiger partial charge in [0.05, 0.1) is 6.61 Å². The molecule has 110 valence electrons. The summed E-state index contributed by atoms with van der Waals surface area (Å²) in [5, 5.41) is 0. The van der Waals surface area contributed by atoms with Crippen LogP contribution >= 0.6 is 0 Å². The number of hydrogen-bond donors (Lipinski definition) is 0. The first-order chi connectivity index (χ1) is 9.45. The van der Waals surface area contributed by atoms with Crippen LogP contribution in [0.2, 0.25) is 0 Å². The summed E-state index contributed by atoms with van der Waals surface area (Å²) in [6, 6.07) is 3.96. The Balaban J connectivity index is 2.86. The highest BCUT2D eigenvalue weighted by atomic mass is 19.1. The van der Waals surface area contributed by atoms with Crippen molar-refractivity contribution in [1.82, 2.24) is 14.8 Å². The van der Waals surface area contributed by atoms with Gasteiger partial charge >= 0.3 is 0 Å². The Bertz CT molecular complexity index is 480. The molecule has 1 heterocycles. The molecule has 1 rings (SSSR count). The van der Waals surface area contributed by atoms with E-state index in [2.05, 4.69) is 4.98 Å². The maximum Gasteiger partial charge on any atom is 0.273 e. The fourth-order valence-corrected chi connectivity index (χ4v) is 1.45. The van der Waals surface area contributed by atoms with E-state index >= 15 is 0 Å². The lowest BCUT2D eigenvalue weighted by Crippen LogP contribution is -2.42. The van der Waals surface area contributed by atoms with Crippen LogP contribution in [0.25, 0.3) is 0 Å². The Morgan fingerprint density at radius 3 is 2.60 bits per heavy atom. The Kier molecular flexibility index (Phi) is 6.05. The number of ether oxygens (including phenoxy) is 1. The first-order valence-electron chi connectivity index (χ1n) is 6.06. The van der Waals surface area contributed by atoms with Gasteiger partial charge in [0, 0.05) is 27.7 Å². The number of pyridine rings is 1. The number of rotatable bonds is 6. The normalized spacial score (nSPS) is 10.2. The summed E-state index contributed by atoms with van der Waals surface area (Å²) in [5.41, 5.74) is -0.0346. The van der Waals surface area contributed by atoms with Crippen LogP contribution in [0.3, 0.4) is 0 Å². The molecule has 7 heteroatoms. The second-order valence-corrected chi connectivity index (χ2v) is 4.35. The van der Waals surface area contributed by atoms with Crippen LogP contribution in [-0.4, -0.2) is 67.5 Å². The highest BCUT2D eigenvalue weighted by Gasteiger charge is 2.20. The fourth-order valence-electron chi connectivity index (χ4n) is 1.45. The summed E-state index contributed by atoms with van der Waals surface area (Å²) in [6.45, 7) is 0.405. The Morgan fingerprint density at radius 1 is 1.35 bits per heavy atom. The number of methoxy groups -OCH3 is 1. The first-order valence-corrected chi connectivity index (χ1v) is 6.06. The molecule has 1 aromatic rings. The van der Waals surface area contributed by atoms with Gasteiger partial charge in [0.15, 0.2) is 0 Å². The van der Waals surface area contributed by atoms with Gasteiger partial charge in [0.2, 0.25) is 11.9 Å². The van der Waals surface area contributed by atoms with Gasteiger partial charge in [0.1, 0.15) is 12.2 Å². The van der Waals surface area contributed by atoms with Crippen LogP contribution in [0, 0.1) is 5.95 Å². The van der Waals surface area contributed by atoms with Crippen LogP contribution in [0.5, 0.6) is 0 Å². The average molecular weight is 283 g/mol. The molecule has 1 aromatic heterocycles. The van der Waals surface area contributed by atoms with E-state index in [1.165, 1.54) is 29.0 Å². The minimum atomic E-state index is -0.735. The highest BCUT2D eigenvalue weighted by Crippen LogP contribution is 2.04. The molecule has 6 nitrogen and oxygen atoms in total. The van der Waals surface area contributed by atoms with Gasteiger partial charge in [-0.25, -0.2) is 4.98 Å². The lowest BCUT2D eigenvalue weighted by Gasteiger charge is -2.23. The molecule has 0 aliphatic rings. The maximum atomic E-state index is 13.1. The van der Waals surface area contributed by atoms with E-state index < -0.39 is 11.9 Å². The topological polar surface area (TPSA) is 62.7 Å². The van der Waals surface area contributed by atoms with Crippen molar-refractivity contribution >= 4 is 11.8 Å². The van der Waals surface area contributed by atoms with Crippen molar-refractivity contribution in [3.8, 4) is 0 Å². The predicted octanol–water partition coefficient (Wildman–Crippen LogP) is 0.397. The highest BCUT2D eigenvalue weighted by molar-refractivity contribution is 5.94. The molecule has 20 heavy (non-hydrogen) atoms. The van der Waals surface area contributed by atoms with Crippen LogP contribution in [0.1, 0.15) is 10.5 Å². The van der Waals surface area contributed by atoms with Crippen molar-refractivity contribution in [3.63, 3.8) is 0 Å². The van der Waals surface area contributed by atoms with Gasteiger partial charge in [-0.3, -0.25) is 9.59 Å². The van der Waals surface area contributed by atoms with Crippen LogP contribution in [-0.2, 0) is 9.53 Å². The summed E-state index contributed by atoms with van der Waals surface area (Å²) in [6.07, 6.45) is 0. The standard InChI is InChI=1S/C13H18FN3O3/c1-16(2)12(18)9-17(7-8-20-3)13(19)10-5-4-6-11(14)15-10/h4-6H,7-9H2,1-3H3. The Labute approximate surface area is 117 Å². The number of halogens is 1. The molecule has 0 aliphatic heterocycles. The minimum Gasteiger partial charge on any atom is -0.383 e. The minimum absolute atomic E-state index is 0.0346. The van der Waals surface area contributed by atoms with Gasteiger partial charge in [-0.15, -0.1) is 0 Å². The SMILES string of the molecule is COCCN(CC(=O)N(C)C)C(=O)c1cccc(F)n1. The van der Waals surface area contributed by atoms with E-state index in [9.17, 15) is 14.0 Å². The monoisotopic (exact) mass is 283 g/mol. The van der Waals surface area contributed by atoms with Crippen molar-refractivity contribution in [2.45, 2.75) is 0 Å². The van der Waals surface area contributed by atoms with Gasteiger partial charge in [-0.1, -0.05) is 6.07 Å². The number of nitrogens with zero attached hydrogens (tertiary/aromatic N) is 3. The van der Waals surface area contributed by atoms with E-state index in [0.717, 1.165) is 6.07 Å². The van der Waals surface area contributed by atoms with E-state index in [-0.39, 0.29) is 31.3 Å². The summed E-state index contributed by atoms with van der Waals surface area (Å²) < 4.78 is 18.0. The molecular formula is C13H18FN3O3. The molecule has 0 saturated heterocycles. The maximum absolute atomic E-state index is 13.1. The van der Waals surface area contributed by atoms with Crippen LogP contribution in [0.4, 0.5) is 4.39 Å². The first kappa shape index (κ1) is 16.0. The molecule has 0 spiro atoms. The van der Waals surface area contributed by atoms with Crippen molar-refractivity contribution < 1.29 is 18.7 Å². The van der Waals surface area contributed by atoms with E-state index in [0.29, 0.717) is 0 Å². The third-order valence-corrected chi connectivity index (χ3v) is 2.61. The zero-order valence-corrected chi connectivity index (χ0v) is 11.8. The number of aromatic nitrogens is 1. The molecule has 2 amide bonds. The lowest BCUT2D eigenvalue weighted by atomic mass is 10.3. The third kappa shape index (κ3) is 4.58. The molecule has 0 atom stereocenters. The lowest BCUT2D eigenvalue weighted by molar-refractivity contribution is -0.129. The molecule has 0 unspecified atom stereocenters. The van der Waals surface area contributed by atoms with Crippen LogP contribution < -0.4 is 0 Å². The number of likely N-dealkylation sites (N-methyl/N-ethyl adjacent to an activating group) is 1. The number of hydrogen-bond acceptors (Lipinski definition) is 4. The smallest absolute Gasteiger partial charge is 0.273 e. The number of carbonyl (C=O) groups is 2. The third-order valence-electron chi connectivity index (χ3n) is 2.61. The summed E-state index contributed by atoms with van der Waals surface area (Å²) in [5.74, 6) is -1.47. The Hall–Kier alpha value is -2.02. The van der Waals surface area contributed by atoms with E-state index in [1.54, 1.807) is 14.1 Å². The quantitative estimate of drug-likeness (QED) is 0.709. The van der Waals surface area contributed by atoms with Crippen molar-refractivity contribution in [3.05, 3.63) is 29.8 Å². The second kappa shape index (κ2) is 7.54. The summed E-state index contributed by atoms with van der Waals surface area (Å²) in [4.78, 5) is 30.1. The fraction of sp³-hybridized carbons (Fsp3) is 0.462. The zero-order valence-electron chi connectivity index (χ0n) is 11.8. The molecule has 0 N–H and O–H groups in total. The van der Waals surface area contributed by atoms with Gasteiger partial charge in [-0.2, -0.15) is 4.39 Å². The van der Waals surface area contributed by atoms with Crippen LogP contribution in [0.15, 0.2) is 18.2 Å². The predicted molar refractivity (Wildman–Crippen MR) is 70.7 cm³/mol. The van der Waals surface area contributed by atoms with Gasteiger partial charge in [0.25, 0.3) is 5.91 Å². The summed E-state index contributed by atoms with van der Waals surface area (Å²) >= 11 is 0. The largest absolute Gasteiger partial charge is 0.383 e. The zero-order chi connectivity index (χ0) is 15.1. The number of amides is 2. The van der Waals surface area contributed by atoms with Crippen molar-refractivity contribution in [1.29, 1.82) is 0 Å². The summed E-state index contributed by atoms with van der Waals surface area (Å²) in [7, 11) is 4.69. The molecule has 0 radical (unpaired) electrons. The number of carbonyl (C=O) groups excluding carboxylic acids is 2. The van der Waals surface area contributed by atoms with Gasteiger partial charge in [-0.05, 0) is 12.1 Å². The van der Waals surface area contributed by atoms with Crippen molar-refractivity contribution in [2.75, 3.05) is 40.9 Å². The molecule has 0 aliphatic carbocycles. The Morgan fingerprint density at radius 2 is 2.05 bits per heavy atom. The van der Waals surface area contributed by atoms with Gasteiger partial charge < -0.3 is 14.5 Å². The van der Waals surface area contributed by atoms with Crippen molar-refractivity contribution in [2.24, 2.45) is 0 Å². The molecule has 0 fully saturated rings. The molecule has 0 aromatic carbocycles. The van der Waals surface area contributed by atoms with E-state index in [4.69, 9.17) is 4.74 Å². The van der Waals surface area contributed by atoms with E-state index in [1.807, 2.05) is 0 Å². The molecule has 0 saturated carbocycles. The molecular weight excluding hydrogens is 265 g/mol. The molecule has 0 bridgehead atoms. The second-order valence-electron chi connectivity index (χ2n) is 4.35. The average Bonchev–Trinajstić information content (AvgIpc) is 2.42.